The molecule has 3 atom stereocenters. The lowest BCUT2D eigenvalue weighted by Crippen LogP contribution is -2.63. The maximum atomic E-state index is 11.7. The van der Waals surface area contributed by atoms with Gasteiger partial charge in [0.2, 0.25) is 11.8 Å². The highest BCUT2D eigenvalue weighted by Gasteiger charge is 2.49. The lowest BCUT2D eigenvalue weighted by atomic mass is 9.64. The molecule has 104 valence electrons. The highest BCUT2D eigenvalue weighted by Crippen LogP contribution is 2.42. The second kappa shape index (κ2) is 5.67. The topological polar surface area (TPSA) is 107 Å². The van der Waals surface area contributed by atoms with Gasteiger partial charge in [0.15, 0.2) is 0 Å². The molecule has 0 aromatic rings. The van der Waals surface area contributed by atoms with E-state index >= 15 is 0 Å². The molecule has 5 N–H and O–H groups in total. The van der Waals surface area contributed by atoms with Crippen LogP contribution in [0.2, 0.25) is 0 Å². The zero-order chi connectivity index (χ0) is 13.9. The molecule has 0 radical (unpaired) electrons. The number of nitrogens with two attached hydrogens (primary N) is 2. The van der Waals surface area contributed by atoms with Crippen molar-refractivity contribution in [2.75, 3.05) is 6.61 Å². The first kappa shape index (κ1) is 14.9. The van der Waals surface area contributed by atoms with Crippen LogP contribution in [-0.2, 0) is 14.3 Å². The Morgan fingerprint density at radius 1 is 1.50 bits per heavy atom. The van der Waals surface area contributed by atoms with Crippen LogP contribution in [0.1, 0.15) is 33.6 Å². The number of hydrogen-bond donors (Lipinski definition) is 3. The summed E-state index contributed by atoms with van der Waals surface area (Å²) in [5, 5.41) is 2.85. The Hall–Kier alpha value is -1.14. The zero-order valence-electron chi connectivity index (χ0n) is 11.2. The van der Waals surface area contributed by atoms with Gasteiger partial charge in [-0.1, -0.05) is 13.8 Å². The van der Waals surface area contributed by atoms with Gasteiger partial charge < -0.3 is 21.5 Å². The van der Waals surface area contributed by atoms with Crippen molar-refractivity contribution < 1.29 is 14.3 Å². The third kappa shape index (κ3) is 3.20. The minimum Gasteiger partial charge on any atom is -0.378 e. The molecule has 0 bridgehead atoms. The maximum absolute atomic E-state index is 11.7. The summed E-state index contributed by atoms with van der Waals surface area (Å²) in [6, 6.07) is -0.843. The fraction of sp³-hybridized carbons (Fsp3) is 0.833. The molecule has 0 aromatic carbocycles. The molecular weight excluding hydrogens is 234 g/mol. The lowest BCUT2D eigenvalue weighted by molar-refractivity contribution is -0.138. The van der Waals surface area contributed by atoms with Crippen LogP contribution in [0.5, 0.6) is 0 Å². The first-order valence-corrected chi connectivity index (χ1v) is 6.24. The van der Waals surface area contributed by atoms with E-state index in [9.17, 15) is 9.59 Å². The number of rotatable bonds is 6. The summed E-state index contributed by atoms with van der Waals surface area (Å²) >= 11 is 0. The Balaban J connectivity index is 2.45. The van der Waals surface area contributed by atoms with E-state index in [1.165, 1.54) is 0 Å². The summed E-state index contributed by atoms with van der Waals surface area (Å²) in [4.78, 5) is 22.4. The molecule has 0 aromatic heterocycles. The van der Waals surface area contributed by atoms with Crippen LogP contribution in [0.3, 0.4) is 0 Å². The van der Waals surface area contributed by atoms with Crippen molar-refractivity contribution in [1.82, 2.24) is 5.32 Å². The van der Waals surface area contributed by atoms with E-state index in [4.69, 9.17) is 16.2 Å². The number of amides is 2. The van der Waals surface area contributed by atoms with Gasteiger partial charge in [0, 0.05) is 18.1 Å². The van der Waals surface area contributed by atoms with Gasteiger partial charge in [-0.25, -0.2) is 0 Å². The van der Waals surface area contributed by atoms with E-state index in [1.54, 1.807) is 0 Å². The molecule has 1 rings (SSSR count). The van der Waals surface area contributed by atoms with Gasteiger partial charge in [0.1, 0.15) is 0 Å². The normalized spacial score (nSPS) is 27.1. The van der Waals surface area contributed by atoms with Gasteiger partial charge in [-0.2, -0.15) is 0 Å². The van der Waals surface area contributed by atoms with E-state index < -0.39 is 11.9 Å². The molecule has 0 heterocycles. The first-order chi connectivity index (χ1) is 8.28. The van der Waals surface area contributed by atoms with Crippen LogP contribution in [0.25, 0.3) is 0 Å². The Kier molecular flexibility index (Phi) is 4.70. The van der Waals surface area contributed by atoms with Crippen LogP contribution >= 0.6 is 0 Å². The van der Waals surface area contributed by atoms with E-state index in [0.29, 0.717) is 6.61 Å². The summed E-state index contributed by atoms with van der Waals surface area (Å²) < 4.78 is 5.57. The second-order valence-corrected chi connectivity index (χ2v) is 5.34. The van der Waals surface area contributed by atoms with Crippen molar-refractivity contribution in [3.63, 3.8) is 0 Å². The molecule has 3 unspecified atom stereocenters. The van der Waals surface area contributed by atoms with E-state index in [2.05, 4.69) is 5.32 Å². The zero-order valence-corrected chi connectivity index (χ0v) is 11.2. The molecule has 0 spiro atoms. The number of hydrogen-bond acceptors (Lipinski definition) is 4. The SMILES string of the molecule is CCOC1CC(NC(=O)C(N)CC(N)=O)C1(C)C. The Labute approximate surface area is 107 Å². The average molecular weight is 257 g/mol. The lowest BCUT2D eigenvalue weighted by Gasteiger charge is -2.51. The predicted octanol–water partition coefficient (Wildman–Crippen LogP) is -0.491. The van der Waals surface area contributed by atoms with Gasteiger partial charge >= 0.3 is 0 Å². The highest BCUT2D eigenvalue weighted by molar-refractivity contribution is 5.87. The summed E-state index contributed by atoms with van der Waals surface area (Å²) in [6.07, 6.45) is 0.796. The van der Waals surface area contributed by atoms with E-state index in [1.807, 2.05) is 20.8 Å². The van der Waals surface area contributed by atoms with Crippen molar-refractivity contribution in [3.8, 4) is 0 Å². The number of primary amides is 1. The number of carbonyl (C=O) groups is 2. The smallest absolute Gasteiger partial charge is 0.237 e. The third-order valence-electron chi connectivity index (χ3n) is 3.62. The summed E-state index contributed by atoms with van der Waals surface area (Å²) in [6.45, 7) is 6.70. The van der Waals surface area contributed by atoms with Gasteiger partial charge in [-0.05, 0) is 13.3 Å². The number of nitrogens with one attached hydrogen (secondary N) is 1. The monoisotopic (exact) mass is 257 g/mol. The minimum absolute atomic E-state index is 0.0282. The molecule has 1 aliphatic rings. The molecule has 1 saturated carbocycles. The molecule has 6 nitrogen and oxygen atoms in total. The van der Waals surface area contributed by atoms with Gasteiger partial charge in [-0.15, -0.1) is 0 Å². The molecule has 18 heavy (non-hydrogen) atoms. The van der Waals surface area contributed by atoms with Crippen molar-refractivity contribution in [3.05, 3.63) is 0 Å². The quantitative estimate of drug-likeness (QED) is 0.596. The first-order valence-electron chi connectivity index (χ1n) is 6.24. The molecular formula is C12H23N3O3. The van der Waals surface area contributed by atoms with Gasteiger partial charge in [0.05, 0.1) is 18.6 Å². The predicted molar refractivity (Wildman–Crippen MR) is 67.5 cm³/mol. The highest BCUT2D eigenvalue weighted by atomic mass is 16.5. The third-order valence-corrected chi connectivity index (χ3v) is 3.62. The molecule has 0 aliphatic heterocycles. The fourth-order valence-corrected chi connectivity index (χ4v) is 2.20. The van der Waals surface area contributed by atoms with E-state index in [0.717, 1.165) is 6.42 Å². The van der Waals surface area contributed by atoms with Crippen molar-refractivity contribution in [2.45, 2.75) is 51.8 Å². The molecule has 1 fully saturated rings. The molecule has 6 heteroatoms. The maximum Gasteiger partial charge on any atom is 0.237 e. The van der Waals surface area contributed by atoms with Crippen molar-refractivity contribution in [1.29, 1.82) is 0 Å². The Morgan fingerprint density at radius 2 is 2.11 bits per heavy atom. The van der Waals surface area contributed by atoms with Gasteiger partial charge in [0.25, 0.3) is 0 Å². The summed E-state index contributed by atoms with van der Waals surface area (Å²) in [7, 11) is 0. The van der Waals surface area contributed by atoms with Crippen LogP contribution in [0.4, 0.5) is 0 Å². The molecule has 1 aliphatic carbocycles. The fourth-order valence-electron chi connectivity index (χ4n) is 2.20. The van der Waals surface area contributed by atoms with Crippen molar-refractivity contribution in [2.24, 2.45) is 16.9 Å². The largest absolute Gasteiger partial charge is 0.378 e. The number of carbonyl (C=O) groups excluding carboxylic acids is 2. The van der Waals surface area contributed by atoms with Crippen LogP contribution in [-0.4, -0.2) is 36.6 Å². The second-order valence-electron chi connectivity index (χ2n) is 5.34. The van der Waals surface area contributed by atoms with E-state index in [-0.39, 0.29) is 29.9 Å². The summed E-state index contributed by atoms with van der Waals surface area (Å²) in [5.74, 6) is -0.903. The van der Waals surface area contributed by atoms with Gasteiger partial charge in [-0.3, -0.25) is 9.59 Å². The summed E-state index contributed by atoms with van der Waals surface area (Å²) in [5.41, 5.74) is 10.5. The number of ether oxygens (including phenoxy) is 1. The standard InChI is InChI=1S/C12H23N3O3/c1-4-18-9-6-8(12(9,2)3)15-11(17)7(13)5-10(14)16/h7-9H,4-6,13H2,1-3H3,(H2,14,16)(H,15,17). The van der Waals surface area contributed by atoms with Crippen LogP contribution in [0, 0.1) is 5.41 Å². The van der Waals surface area contributed by atoms with Crippen molar-refractivity contribution >= 4 is 11.8 Å². The van der Waals surface area contributed by atoms with Crippen LogP contribution in [0.15, 0.2) is 0 Å². The molecule has 2 amide bonds. The average Bonchev–Trinajstić information content (AvgIpc) is 2.26. The van der Waals surface area contributed by atoms with Crippen LogP contribution < -0.4 is 16.8 Å². The molecule has 0 saturated heterocycles. The Morgan fingerprint density at radius 3 is 2.56 bits per heavy atom. The minimum atomic E-state index is -0.871. The Bertz CT molecular complexity index is 331.